The Morgan fingerprint density at radius 3 is 2.81 bits per heavy atom. The summed E-state index contributed by atoms with van der Waals surface area (Å²) in [5.41, 5.74) is 1.28. The molecule has 174 valence electrons. The third-order valence-electron chi connectivity index (χ3n) is 5.60. The summed E-state index contributed by atoms with van der Waals surface area (Å²) >= 11 is 1.50. The zero-order chi connectivity index (χ0) is 23.1. The highest BCUT2D eigenvalue weighted by Gasteiger charge is 2.34. The SMILES string of the molecule is COC(=O)[C@H]1CSCc2ccccc2C(=O)OC[C@@H](NC(=O)[C@@H]2CCCN2C(C)=O)CN1. The van der Waals surface area contributed by atoms with Gasteiger partial charge >= 0.3 is 11.9 Å². The van der Waals surface area contributed by atoms with Crippen LogP contribution in [0.25, 0.3) is 0 Å². The Labute approximate surface area is 191 Å². The van der Waals surface area contributed by atoms with Crippen molar-refractivity contribution >= 4 is 35.5 Å². The van der Waals surface area contributed by atoms with Gasteiger partial charge in [0, 0.05) is 31.5 Å². The molecule has 3 atom stereocenters. The van der Waals surface area contributed by atoms with Crippen LogP contribution in [0.2, 0.25) is 0 Å². The highest BCUT2D eigenvalue weighted by atomic mass is 32.2. The summed E-state index contributed by atoms with van der Waals surface area (Å²) in [6.07, 6.45) is 1.34. The first-order valence-corrected chi connectivity index (χ1v) is 11.8. The van der Waals surface area contributed by atoms with E-state index in [0.717, 1.165) is 12.0 Å². The Morgan fingerprint density at radius 1 is 1.28 bits per heavy atom. The monoisotopic (exact) mass is 463 g/mol. The molecule has 2 aliphatic heterocycles. The van der Waals surface area contributed by atoms with Gasteiger partial charge in [-0.3, -0.25) is 14.4 Å². The van der Waals surface area contributed by atoms with Crippen molar-refractivity contribution in [3.63, 3.8) is 0 Å². The van der Waals surface area contributed by atoms with E-state index in [2.05, 4.69) is 10.6 Å². The molecule has 32 heavy (non-hydrogen) atoms. The minimum absolute atomic E-state index is 0.0697. The van der Waals surface area contributed by atoms with Gasteiger partial charge in [-0.2, -0.15) is 11.8 Å². The summed E-state index contributed by atoms with van der Waals surface area (Å²) in [6, 6.07) is 5.47. The number of carbonyl (C=O) groups is 4. The maximum absolute atomic E-state index is 12.9. The highest BCUT2D eigenvalue weighted by molar-refractivity contribution is 7.98. The fourth-order valence-electron chi connectivity index (χ4n) is 3.89. The topological polar surface area (TPSA) is 114 Å². The second-order valence-corrected chi connectivity index (χ2v) is 8.86. The minimum atomic E-state index is -0.579. The number of benzene rings is 1. The number of rotatable bonds is 3. The molecule has 2 N–H and O–H groups in total. The summed E-state index contributed by atoms with van der Waals surface area (Å²) in [6.45, 7) is 2.12. The number of nitrogens with one attached hydrogen (secondary N) is 2. The smallest absolute Gasteiger partial charge is 0.338 e. The Bertz CT molecular complexity index is 864. The number of nitrogens with zero attached hydrogens (tertiary/aromatic N) is 1. The van der Waals surface area contributed by atoms with Gasteiger partial charge in [0.2, 0.25) is 11.8 Å². The van der Waals surface area contributed by atoms with Crippen molar-refractivity contribution in [1.82, 2.24) is 15.5 Å². The lowest BCUT2D eigenvalue weighted by Gasteiger charge is -2.27. The van der Waals surface area contributed by atoms with Crippen LogP contribution in [0.5, 0.6) is 0 Å². The number of carbonyl (C=O) groups excluding carboxylic acids is 4. The number of methoxy groups -OCH3 is 1. The predicted molar refractivity (Wildman–Crippen MR) is 119 cm³/mol. The van der Waals surface area contributed by atoms with Crippen molar-refractivity contribution in [2.24, 2.45) is 0 Å². The summed E-state index contributed by atoms with van der Waals surface area (Å²) < 4.78 is 10.4. The van der Waals surface area contributed by atoms with Crippen molar-refractivity contribution in [1.29, 1.82) is 0 Å². The van der Waals surface area contributed by atoms with E-state index < -0.39 is 30.1 Å². The molecule has 0 spiro atoms. The number of likely N-dealkylation sites (tertiary alicyclic amines) is 1. The molecule has 2 amide bonds. The number of amides is 2. The molecule has 0 radical (unpaired) electrons. The maximum Gasteiger partial charge on any atom is 0.338 e. The van der Waals surface area contributed by atoms with Gasteiger partial charge in [-0.25, -0.2) is 4.79 Å². The molecule has 1 saturated heterocycles. The normalized spacial score (nSPS) is 24.4. The predicted octanol–water partition coefficient (Wildman–Crippen LogP) is 0.717. The van der Waals surface area contributed by atoms with Crippen LogP contribution in [-0.2, 0) is 29.6 Å². The van der Waals surface area contributed by atoms with Gasteiger partial charge in [-0.1, -0.05) is 18.2 Å². The molecule has 2 aliphatic rings. The summed E-state index contributed by atoms with van der Waals surface area (Å²) in [5.74, 6) is -0.316. The molecular weight excluding hydrogens is 434 g/mol. The average Bonchev–Trinajstić information content (AvgIpc) is 3.28. The van der Waals surface area contributed by atoms with Crippen LogP contribution < -0.4 is 10.6 Å². The quantitative estimate of drug-likeness (QED) is 0.631. The lowest BCUT2D eigenvalue weighted by Crippen LogP contribution is -2.54. The van der Waals surface area contributed by atoms with E-state index in [4.69, 9.17) is 9.47 Å². The fourth-order valence-corrected chi connectivity index (χ4v) is 4.97. The third kappa shape index (κ3) is 6.01. The lowest BCUT2D eigenvalue weighted by atomic mass is 10.1. The van der Waals surface area contributed by atoms with E-state index >= 15 is 0 Å². The standard InChI is InChI=1S/C22H29N3O6S/c1-14(26)25-9-5-8-19(25)20(27)24-16-10-23-18(22(29)30-2)13-32-12-15-6-3-4-7-17(15)21(28)31-11-16/h3-4,6-7,16,18-19,23H,5,8-13H2,1-2H3,(H,24,27)/t16-,18+,19-/m0/s1. The first-order valence-electron chi connectivity index (χ1n) is 10.6. The molecule has 1 aromatic carbocycles. The Hall–Kier alpha value is -2.59. The van der Waals surface area contributed by atoms with E-state index in [1.54, 1.807) is 17.0 Å². The van der Waals surface area contributed by atoms with E-state index in [-0.39, 0.29) is 25.0 Å². The molecule has 0 aliphatic carbocycles. The summed E-state index contributed by atoms with van der Waals surface area (Å²) in [4.78, 5) is 51.2. The van der Waals surface area contributed by atoms with Gasteiger partial charge in [0.05, 0.1) is 18.7 Å². The molecule has 2 heterocycles. The number of thioether (sulfide) groups is 1. The van der Waals surface area contributed by atoms with Crippen LogP contribution in [0.1, 0.15) is 35.7 Å². The van der Waals surface area contributed by atoms with Crippen molar-refractivity contribution in [3.8, 4) is 0 Å². The zero-order valence-electron chi connectivity index (χ0n) is 18.3. The van der Waals surface area contributed by atoms with Crippen LogP contribution in [0.4, 0.5) is 0 Å². The van der Waals surface area contributed by atoms with Gasteiger partial charge in [0.25, 0.3) is 0 Å². The number of ether oxygens (including phenoxy) is 2. The van der Waals surface area contributed by atoms with Crippen LogP contribution in [0.15, 0.2) is 24.3 Å². The van der Waals surface area contributed by atoms with Gasteiger partial charge in [0.1, 0.15) is 18.7 Å². The first-order chi connectivity index (χ1) is 15.4. The van der Waals surface area contributed by atoms with E-state index in [9.17, 15) is 19.2 Å². The molecule has 9 nitrogen and oxygen atoms in total. The van der Waals surface area contributed by atoms with Crippen molar-refractivity contribution in [2.45, 2.75) is 43.6 Å². The molecule has 0 saturated carbocycles. The third-order valence-corrected chi connectivity index (χ3v) is 6.68. The Balaban J connectivity index is 1.76. The van der Waals surface area contributed by atoms with Gasteiger partial charge in [-0.05, 0) is 24.5 Å². The average molecular weight is 464 g/mol. The highest BCUT2D eigenvalue weighted by Crippen LogP contribution is 2.20. The number of hydrogen-bond acceptors (Lipinski definition) is 8. The van der Waals surface area contributed by atoms with Gasteiger partial charge in [0.15, 0.2) is 0 Å². The van der Waals surface area contributed by atoms with Crippen molar-refractivity contribution in [2.75, 3.05) is 32.6 Å². The van der Waals surface area contributed by atoms with E-state index in [1.165, 1.54) is 25.8 Å². The number of hydrogen-bond donors (Lipinski definition) is 2. The second kappa shape index (κ2) is 11.3. The number of cyclic esters (lactones) is 1. The minimum Gasteiger partial charge on any atom is -0.468 e. The summed E-state index contributed by atoms with van der Waals surface area (Å²) in [7, 11) is 1.33. The van der Waals surface area contributed by atoms with Crippen LogP contribution in [0.3, 0.4) is 0 Å². The largest absolute Gasteiger partial charge is 0.468 e. The molecule has 10 heteroatoms. The van der Waals surface area contributed by atoms with E-state index in [1.807, 2.05) is 12.1 Å². The molecular formula is C22H29N3O6S. The molecule has 3 rings (SSSR count). The molecule has 1 aromatic rings. The van der Waals surface area contributed by atoms with Crippen LogP contribution >= 0.6 is 11.8 Å². The maximum atomic E-state index is 12.9. The molecule has 0 aromatic heterocycles. The number of fused-ring (bicyclic) bond motifs is 1. The second-order valence-electron chi connectivity index (χ2n) is 7.83. The zero-order valence-corrected chi connectivity index (χ0v) is 19.1. The molecule has 0 unspecified atom stereocenters. The van der Waals surface area contributed by atoms with Crippen LogP contribution in [-0.4, -0.2) is 79.3 Å². The van der Waals surface area contributed by atoms with Crippen LogP contribution in [0, 0.1) is 0 Å². The first kappa shape index (κ1) is 24.1. The fraction of sp³-hybridized carbons (Fsp3) is 0.545. The molecule has 1 fully saturated rings. The lowest BCUT2D eigenvalue weighted by molar-refractivity contribution is -0.142. The Morgan fingerprint density at radius 2 is 2.06 bits per heavy atom. The van der Waals surface area contributed by atoms with Crippen molar-refractivity contribution < 1.29 is 28.7 Å². The molecule has 0 bridgehead atoms. The van der Waals surface area contributed by atoms with Crippen molar-refractivity contribution in [3.05, 3.63) is 35.4 Å². The van der Waals surface area contributed by atoms with E-state index in [0.29, 0.717) is 30.0 Å². The number of esters is 2. The Kier molecular flexibility index (Phi) is 8.52. The van der Waals surface area contributed by atoms with Gasteiger partial charge < -0.3 is 25.0 Å². The summed E-state index contributed by atoms with van der Waals surface area (Å²) in [5, 5.41) is 6.01. The van der Waals surface area contributed by atoms with Gasteiger partial charge in [-0.15, -0.1) is 0 Å².